The van der Waals surface area contributed by atoms with Crippen LogP contribution in [0.4, 0.5) is 5.69 Å². The molecule has 0 aliphatic heterocycles. The van der Waals surface area contributed by atoms with E-state index < -0.39 is 23.7 Å². The van der Waals surface area contributed by atoms with Gasteiger partial charge in [0.15, 0.2) is 11.2 Å². The van der Waals surface area contributed by atoms with Crippen molar-refractivity contribution in [3.63, 3.8) is 0 Å². The molecule has 27 heavy (non-hydrogen) atoms. The predicted molar refractivity (Wildman–Crippen MR) is 99.8 cm³/mol. The van der Waals surface area contributed by atoms with Gasteiger partial charge in [0.25, 0.3) is 5.56 Å². The minimum Gasteiger partial charge on any atom is -0.492 e. The summed E-state index contributed by atoms with van der Waals surface area (Å²) >= 11 is 0. The van der Waals surface area contributed by atoms with E-state index in [1.54, 1.807) is 31.3 Å². The Balaban J connectivity index is 1.81. The van der Waals surface area contributed by atoms with Gasteiger partial charge in [0.05, 0.1) is 6.33 Å². The molecule has 1 aromatic carbocycles. The predicted octanol–water partition coefficient (Wildman–Crippen LogP) is -0.590. The van der Waals surface area contributed by atoms with Crippen LogP contribution in [0.15, 0.2) is 40.2 Å². The largest absolute Gasteiger partial charge is 0.492 e. The number of nitrogens with two attached hydrogens (primary N) is 1. The number of aryl methyl sites for hydroxylation is 2. The maximum atomic E-state index is 12.6. The molecule has 0 saturated carbocycles. The first-order chi connectivity index (χ1) is 12.9. The lowest BCUT2D eigenvalue weighted by molar-refractivity contribution is -0.116. The van der Waals surface area contributed by atoms with Crippen molar-refractivity contribution in [2.75, 3.05) is 18.5 Å². The quantitative estimate of drug-likeness (QED) is 0.596. The van der Waals surface area contributed by atoms with Crippen LogP contribution in [0.5, 0.6) is 5.75 Å². The lowest BCUT2D eigenvalue weighted by Crippen LogP contribution is -2.42. The van der Waals surface area contributed by atoms with Crippen LogP contribution >= 0.6 is 0 Å². The summed E-state index contributed by atoms with van der Waals surface area (Å²) in [6, 6.07) is 6.71. The monoisotopic (exact) mass is 372 g/mol. The van der Waals surface area contributed by atoms with Gasteiger partial charge >= 0.3 is 5.69 Å². The zero-order valence-electron chi connectivity index (χ0n) is 15.0. The Labute approximate surface area is 153 Å². The van der Waals surface area contributed by atoms with Crippen LogP contribution in [0.3, 0.4) is 0 Å². The fraction of sp³-hybridized carbons (Fsp3) is 0.294. The van der Waals surface area contributed by atoms with Gasteiger partial charge in [-0.3, -0.25) is 14.2 Å². The van der Waals surface area contributed by atoms with E-state index in [2.05, 4.69) is 10.3 Å². The average Bonchev–Trinajstić information content (AvgIpc) is 3.05. The number of nitrogens with one attached hydrogen (secondary N) is 1. The molecule has 0 fully saturated rings. The molecule has 0 bridgehead atoms. The van der Waals surface area contributed by atoms with Crippen LogP contribution in [0.1, 0.15) is 0 Å². The van der Waals surface area contributed by atoms with Crippen LogP contribution in [0.25, 0.3) is 11.2 Å². The Morgan fingerprint density at radius 1 is 1.22 bits per heavy atom. The molecule has 142 valence electrons. The summed E-state index contributed by atoms with van der Waals surface area (Å²) in [5.41, 5.74) is 5.26. The normalized spacial score (nSPS) is 10.9. The van der Waals surface area contributed by atoms with Crippen molar-refractivity contribution < 1.29 is 9.53 Å². The maximum absolute atomic E-state index is 12.6. The molecule has 0 saturated heterocycles. The van der Waals surface area contributed by atoms with Gasteiger partial charge in [0.1, 0.15) is 18.9 Å². The standard InChI is InChI=1S/C17H20N6O4/c1-21-10-19-15-14(21)16(25)23(17(26)22(15)2)9-13(24)20-11-3-5-12(6-4-11)27-8-7-18/h3-6,10H,7-9,18H2,1-2H3,(H,20,24). The van der Waals surface area contributed by atoms with Gasteiger partial charge < -0.3 is 20.4 Å². The number of hydrogen-bond donors (Lipinski definition) is 2. The highest BCUT2D eigenvalue weighted by Crippen LogP contribution is 2.15. The molecule has 2 heterocycles. The number of aromatic nitrogens is 4. The van der Waals surface area contributed by atoms with E-state index in [1.165, 1.54) is 22.5 Å². The van der Waals surface area contributed by atoms with Gasteiger partial charge in [-0.05, 0) is 24.3 Å². The molecule has 3 aromatic rings. The van der Waals surface area contributed by atoms with Gasteiger partial charge in [-0.25, -0.2) is 14.3 Å². The van der Waals surface area contributed by atoms with Gasteiger partial charge in [-0.2, -0.15) is 0 Å². The zero-order chi connectivity index (χ0) is 19.6. The zero-order valence-corrected chi connectivity index (χ0v) is 15.0. The molecule has 0 spiro atoms. The number of hydrogen-bond acceptors (Lipinski definition) is 6. The smallest absolute Gasteiger partial charge is 0.332 e. The molecule has 0 unspecified atom stereocenters. The highest BCUT2D eigenvalue weighted by atomic mass is 16.5. The number of imidazole rings is 1. The molecule has 10 nitrogen and oxygen atoms in total. The fourth-order valence-corrected chi connectivity index (χ4v) is 2.69. The Morgan fingerprint density at radius 3 is 2.59 bits per heavy atom. The van der Waals surface area contributed by atoms with Crippen LogP contribution in [0, 0.1) is 0 Å². The Hall–Kier alpha value is -3.40. The van der Waals surface area contributed by atoms with Crippen LogP contribution in [0.2, 0.25) is 0 Å². The van der Waals surface area contributed by atoms with E-state index in [1.807, 2.05) is 0 Å². The Kier molecular flexibility index (Phi) is 5.08. The second-order valence-electron chi connectivity index (χ2n) is 5.97. The summed E-state index contributed by atoms with van der Waals surface area (Å²) in [5, 5.41) is 2.65. The van der Waals surface area contributed by atoms with Crippen molar-refractivity contribution in [1.29, 1.82) is 0 Å². The third kappa shape index (κ3) is 3.60. The molecular weight excluding hydrogens is 352 g/mol. The third-order valence-electron chi connectivity index (χ3n) is 4.03. The Morgan fingerprint density at radius 2 is 1.93 bits per heavy atom. The summed E-state index contributed by atoms with van der Waals surface area (Å²) in [6.45, 7) is 0.398. The van der Waals surface area contributed by atoms with E-state index >= 15 is 0 Å². The van der Waals surface area contributed by atoms with E-state index in [4.69, 9.17) is 10.5 Å². The van der Waals surface area contributed by atoms with Crippen LogP contribution in [-0.4, -0.2) is 37.7 Å². The average molecular weight is 372 g/mol. The molecule has 0 radical (unpaired) electrons. The summed E-state index contributed by atoms with van der Waals surface area (Å²) in [4.78, 5) is 41.4. The number of anilines is 1. The molecule has 1 amide bonds. The SMILES string of the molecule is Cn1cnc2c1c(=O)n(CC(=O)Nc1ccc(OCCN)cc1)c(=O)n2C. The molecule has 0 aliphatic rings. The number of ether oxygens (including phenoxy) is 1. The molecule has 2 aromatic heterocycles. The van der Waals surface area contributed by atoms with E-state index in [0.717, 1.165) is 4.57 Å². The van der Waals surface area contributed by atoms with Gasteiger partial charge in [-0.15, -0.1) is 0 Å². The van der Waals surface area contributed by atoms with E-state index in [0.29, 0.717) is 24.6 Å². The van der Waals surface area contributed by atoms with E-state index in [9.17, 15) is 14.4 Å². The van der Waals surface area contributed by atoms with Gasteiger partial charge in [-0.1, -0.05) is 0 Å². The first-order valence-electron chi connectivity index (χ1n) is 8.26. The fourth-order valence-electron chi connectivity index (χ4n) is 2.69. The lowest BCUT2D eigenvalue weighted by atomic mass is 10.3. The molecular formula is C17H20N6O4. The summed E-state index contributed by atoms with van der Waals surface area (Å²) < 4.78 is 9.01. The van der Waals surface area contributed by atoms with Gasteiger partial charge in [0, 0.05) is 26.3 Å². The first kappa shape index (κ1) is 18.4. The van der Waals surface area contributed by atoms with Crippen molar-refractivity contribution in [1.82, 2.24) is 18.7 Å². The van der Waals surface area contributed by atoms with Crippen molar-refractivity contribution in [2.45, 2.75) is 6.54 Å². The molecule has 3 N–H and O–H groups in total. The number of fused-ring (bicyclic) bond motifs is 1. The number of carbonyl (C=O) groups is 1. The molecule has 0 aliphatic carbocycles. The minimum atomic E-state index is -0.605. The highest BCUT2D eigenvalue weighted by molar-refractivity contribution is 5.90. The number of carbonyl (C=O) groups excluding carboxylic acids is 1. The van der Waals surface area contributed by atoms with Crippen molar-refractivity contribution in [2.24, 2.45) is 19.8 Å². The summed E-state index contributed by atoms with van der Waals surface area (Å²) in [6.07, 6.45) is 1.45. The lowest BCUT2D eigenvalue weighted by Gasteiger charge is -2.10. The molecule has 3 rings (SSSR count). The summed E-state index contributed by atoms with van der Waals surface area (Å²) in [5.74, 6) is 0.136. The third-order valence-corrected chi connectivity index (χ3v) is 4.03. The Bertz CT molecular complexity index is 1090. The van der Waals surface area contributed by atoms with Crippen LogP contribution in [-0.2, 0) is 25.4 Å². The first-order valence-corrected chi connectivity index (χ1v) is 8.26. The number of nitrogens with zero attached hydrogens (tertiary/aromatic N) is 4. The van der Waals surface area contributed by atoms with Gasteiger partial charge in [0.2, 0.25) is 5.91 Å². The van der Waals surface area contributed by atoms with Crippen molar-refractivity contribution in [3.8, 4) is 5.75 Å². The molecule has 10 heteroatoms. The number of amides is 1. The minimum absolute atomic E-state index is 0.256. The number of benzene rings is 1. The van der Waals surface area contributed by atoms with E-state index in [-0.39, 0.29) is 11.2 Å². The topological polar surface area (TPSA) is 126 Å². The number of rotatable bonds is 6. The van der Waals surface area contributed by atoms with Crippen molar-refractivity contribution in [3.05, 3.63) is 51.4 Å². The second kappa shape index (κ2) is 7.46. The van der Waals surface area contributed by atoms with Crippen LogP contribution < -0.4 is 27.0 Å². The second-order valence-corrected chi connectivity index (χ2v) is 5.97. The van der Waals surface area contributed by atoms with Crippen molar-refractivity contribution >= 4 is 22.8 Å². The highest BCUT2D eigenvalue weighted by Gasteiger charge is 2.17. The molecule has 0 atom stereocenters. The maximum Gasteiger partial charge on any atom is 0.332 e. The summed E-state index contributed by atoms with van der Waals surface area (Å²) in [7, 11) is 3.16.